The van der Waals surface area contributed by atoms with Crippen molar-refractivity contribution < 1.29 is 24.2 Å². The Labute approximate surface area is 143 Å². The lowest BCUT2D eigenvalue weighted by atomic mass is 10.1. The van der Waals surface area contributed by atoms with Crippen LogP contribution in [0.3, 0.4) is 0 Å². The van der Waals surface area contributed by atoms with Crippen LogP contribution in [0.4, 0.5) is 0 Å². The number of carbonyl (C=O) groups is 2. The van der Waals surface area contributed by atoms with Crippen LogP contribution in [0.25, 0.3) is 0 Å². The van der Waals surface area contributed by atoms with Crippen molar-refractivity contribution in [2.75, 3.05) is 14.2 Å². The number of carboxylic acids is 1. The molecular formula is C16H18N2O5S. The summed E-state index contributed by atoms with van der Waals surface area (Å²) in [5.41, 5.74) is 0.958. The minimum absolute atomic E-state index is 0.00502. The first-order valence-corrected chi connectivity index (χ1v) is 8.06. The molecule has 0 spiro atoms. The van der Waals surface area contributed by atoms with Crippen molar-refractivity contribution in [3.63, 3.8) is 0 Å². The van der Waals surface area contributed by atoms with E-state index in [1.807, 2.05) is 12.1 Å². The fourth-order valence-corrected chi connectivity index (χ4v) is 2.75. The van der Waals surface area contributed by atoms with E-state index >= 15 is 0 Å². The van der Waals surface area contributed by atoms with Crippen LogP contribution in [0.1, 0.15) is 27.5 Å². The molecule has 7 nitrogen and oxygen atoms in total. The number of thiazole rings is 1. The standard InChI is InChI=1S/C16H18N2O5S/c1-22-12-5-3-10(7-13(12)23-2)4-6-14(19)17-8-15-18-11(9-24-15)16(20)21/h3,5,7,9H,4,6,8H2,1-2H3,(H,17,19)(H,20,21). The van der Waals surface area contributed by atoms with Gasteiger partial charge in [0.2, 0.25) is 5.91 Å². The number of methoxy groups -OCH3 is 2. The highest BCUT2D eigenvalue weighted by molar-refractivity contribution is 7.09. The molecule has 1 aromatic carbocycles. The second kappa shape index (κ2) is 8.30. The second-order valence-electron chi connectivity index (χ2n) is 4.90. The summed E-state index contributed by atoms with van der Waals surface area (Å²) in [7, 11) is 3.13. The van der Waals surface area contributed by atoms with Gasteiger partial charge in [-0.3, -0.25) is 4.79 Å². The monoisotopic (exact) mass is 350 g/mol. The highest BCUT2D eigenvalue weighted by Crippen LogP contribution is 2.27. The number of hydrogen-bond donors (Lipinski definition) is 2. The Kier molecular flexibility index (Phi) is 6.14. The number of benzene rings is 1. The molecule has 2 rings (SSSR count). The van der Waals surface area contributed by atoms with E-state index < -0.39 is 5.97 Å². The molecule has 0 saturated heterocycles. The topological polar surface area (TPSA) is 97.8 Å². The quantitative estimate of drug-likeness (QED) is 0.757. The molecule has 0 aliphatic carbocycles. The van der Waals surface area contributed by atoms with Gasteiger partial charge < -0.3 is 19.9 Å². The Morgan fingerprint density at radius 3 is 2.62 bits per heavy atom. The van der Waals surface area contributed by atoms with Crippen LogP contribution in [0, 0.1) is 0 Å². The summed E-state index contributed by atoms with van der Waals surface area (Å²) in [6, 6.07) is 5.52. The van der Waals surface area contributed by atoms with Gasteiger partial charge in [-0.2, -0.15) is 0 Å². The number of rotatable bonds is 8. The SMILES string of the molecule is COc1ccc(CCC(=O)NCc2nc(C(=O)O)cs2)cc1OC. The maximum Gasteiger partial charge on any atom is 0.355 e. The van der Waals surface area contributed by atoms with Crippen molar-refractivity contribution >= 4 is 23.2 Å². The Balaban J connectivity index is 1.83. The molecular weight excluding hydrogens is 332 g/mol. The molecule has 2 N–H and O–H groups in total. The van der Waals surface area contributed by atoms with Crippen molar-refractivity contribution in [1.29, 1.82) is 0 Å². The Hall–Kier alpha value is -2.61. The van der Waals surface area contributed by atoms with E-state index in [1.165, 1.54) is 16.7 Å². The van der Waals surface area contributed by atoms with Crippen molar-refractivity contribution in [1.82, 2.24) is 10.3 Å². The fourth-order valence-electron chi connectivity index (χ4n) is 2.05. The molecule has 128 valence electrons. The lowest BCUT2D eigenvalue weighted by Crippen LogP contribution is -2.23. The van der Waals surface area contributed by atoms with Crippen molar-refractivity contribution in [2.24, 2.45) is 0 Å². The summed E-state index contributed by atoms with van der Waals surface area (Å²) in [5.74, 6) is 0.0669. The second-order valence-corrected chi connectivity index (χ2v) is 5.84. The molecule has 24 heavy (non-hydrogen) atoms. The zero-order valence-corrected chi connectivity index (χ0v) is 14.2. The van der Waals surface area contributed by atoms with Crippen molar-refractivity contribution in [2.45, 2.75) is 19.4 Å². The van der Waals surface area contributed by atoms with Gasteiger partial charge >= 0.3 is 5.97 Å². The number of nitrogens with zero attached hydrogens (tertiary/aromatic N) is 1. The number of carbonyl (C=O) groups excluding carboxylic acids is 1. The van der Waals surface area contributed by atoms with Crippen LogP contribution < -0.4 is 14.8 Å². The first-order chi connectivity index (χ1) is 11.5. The van der Waals surface area contributed by atoms with Gasteiger partial charge in [-0.1, -0.05) is 6.07 Å². The highest BCUT2D eigenvalue weighted by atomic mass is 32.1. The third kappa shape index (κ3) is 4.69. The van der Waals surface area contributed by atoms with Crippen molar-refractivity contribution in [3.8, 4) is 11.5 Å². The van der Waals surface area contributed by atoms with Gasteiger partial charge in [-0.05, 0) is 24.1 Å². The molecule has 0 atom stereocenters. The van der Waals surface area contributed by atoms with E-state index in [0.717, 1.165) is 5.56 Å². The number of ether oxygens (including phenoxy) is 2. The Morgan fingerprint density at radius 1 is 1.25 bits per heavy atom. The third-order valence-corrected chi connectivity index (χ3v) is 4.15. The highest BCUT2D eigenvalue weighted by Gasteiger charge is 2.10. The molecule has 8 heteroatoms. The van der Waals surface area contributed by atoms with Crippen LogP contribution in [0.2, 0.25) is 0 Å². The maximum atomic E-state index is 11.9. The summed E-state index contributed by atoms with van der Waals surface area (Å²) in [5, 5.41) is 13.6. The normalized spacial score (nSPS) is 10.2. The van der Waals surface area contributed by atoms with Gasteiger partial charge in [0, 0.05) is 11.8 Å². The minimum Gasteiger partial charge on any atom is -0.493 e. The van der Waals surface area contributed by atoms with Gasteiger partial charge in [-0.15, -0.1) is 11.3 Å². The van der Waals surface area contributed by atoms with Crippen LogP contribution in [0.5, 0.6) is 11.5 Å². The van der Waals surface area contributed by atoms with E-state index in [-0.39, 0.29) is 18.1 Å². The summed E-state index contributed by atoms with van der Waals surface area (Å²) in [6.45, 7) is 0.225. The molecule has 0 aliphatic rings. The van der Waals surface area contributed by atoms with Gasteiger partial charge in [0.05, 0.1) is 20.8 Å². The van der Waals surface area contributed by atoms with E-state index in [9.17, 15) is 9.59 Å². The average Bonchev–Trinajstić information content (AvgIpc) is 3.07. The maximum absolute atomic E-state index is 11.9. The zero-order chi connectivity index (χ0) is 17.5. The van der Waals surface area contributed by atoms with Crippen LogP contribution in [-0.4, -0.2) is 36.2 Å². The molecule has 1 aromatic heterocycles. The number of hydrogen-bond acceptors (Lipinski definition) is 6. The number of nitrogens with one attached hydrogen (secondary N) is 1. The third-order valence-electron chi connectivity index (χ3n) is 3.30. The first kappa shape index (κ1) is 17.7. The van der Waals surface area contributed by atoms with E-state index in [4.69, 9.17) is 14.6 Å². The largest absolute Gasteiger partial charge is 0.493 e. The molecule has 0 aliphatic heterocycles. The molecule has 0 bridgehead atoms. The molecule has 0 radical (unpaired) electrons. The zero-order valence-electron chi connectivity index (χ0n) is 13.4. The lowest BCUT2D eigenvalue weighted by molar-refractivity contribution is -0.121. The summed E-state index contributed by atoms with van der Waals surface area (Å²) < 4.78 is 10.4. The van der Waals surface area contributed by atoms with E-state index in [1.54, 1.807) is 20.3 Å². The Morgan fingerprint density at radius 2 is 2.00 bits per heavy atom. The fraction of sp³-hybridized carbons (Fsp3) is 0.312. The Bertz CT molecular complexity index is 729. The lowest BCUT2D eigenvalue weighted by Gasteiger charge is -2.09. The summed E-state index contributed by atoms with van der Waals surface area (Å²) in [6.07, 6.45) is 0.872. The van der Waals surface area contributed by atoms with Crippen LogP contribution >= 0.6 is 11.3 Å². The van der Waals surface area contributed by atoms with E-state index in [2.05, 4.69) is 10.3 Å². The summed E-state index contributed by atoms with van der Waals surface area (Å²) >= 11 is 1.21. The molecule has 0 saturated carbocycles. The van der Waals surface area contributed by atoms with Gasteiger partial charge in [-0.25, -0.2) is 9.78 Å². The van der Waals surface area contributed by atoms with Gasteiger partial charge in [0.1, 0.15) is 5.01 Å². The number of aromatic carboxylic acids is 1. The molecule has 0 unspecified atom stereocenters. The molecule has 0 fully saturated rings. The number of aryl methyl sites for hydroxylation is 1. The van der Waals surface area contributed by atoms with Gasteiger partial charge in [0.15, 0.2) is 17.2 Å². The molecule has 2 aromatic rings. The van der Waals surface area contributed by atoms with E-state index in [0.29, 0.717) is 29.3 Å². The summed E-state index contributed by atoms with van der Waals surface area (Å²) in [4.78, 5) is 26.6. The minimum atomic E-state index is -1.07. The van der Waals surface area contributed by atoms with Crippen molar-refractivity contribution in [3.05, 3.63) is 39.8 Å². The number of amides is 1. The van der Waals surface area contributed by atoms with Gasteiger partial charge in [0.25, 0.3) is 0 Å². The first-order valence-electron chi connectivity index (χ1n) is 7.18. The van der Waals surface area contributed by atoms with Crippen LogP contribution in [0.15, 0.2) is 23.6 Å². The smallest absolute Gasteiger partial charge is 0.355 e. The average molecular weight is 350 g/mol. The molecule has 1 amide bonds. The molecule has 1 heterocycles. The predicted octanol–water partition coefficient (Wildman–Crippen LogP) is 2.11. The predicted molar refractivity (Wildman–Crippen MR) is 88.8 cm³/mol. The van der Waals surface area contributed by atoms with Crippen LogP contribution in [-0.2, 0) is 17.8 Å². The number of carboxylic acid groups (broad SMARTS) is 1. The number of aromatic nitrogens is 1.